The van der Waals surface area contributed by atoms with E-state index in [1.165, 1.54) is 28.6 Å². The molecule has 3 rings (SSSR count). The van der Waals surface area contributed by atoms with E-state index in [0.29, 0.717) is 13.1 Å². The van der Waals surface area contributed by atoms with Crippen molar-refractivity contribution in [3.05, 3.63) is 59.7 Å². The van der Waals surface area contributed by atoms with Gasteiger partial charge in [0.25, 0.3) is 0 Å². The summed E-state index contributed by atoms with van der Waals surface area (Å²) in [6, 6.07) is 9.10. The van der Waals surface area contributed by atoms with E-state index in [9.17, 15) is 30.0 Å². The topological polar surface area (TPSA) is 83.5 Å². The lowest BCUT2D eigenvalue weighted by atomic mass is 10.1. The summed E-state index contributed by atoms with van der Waals surface area (Å²) < 4.78 is 91.7. The van der Waals surface area contributed by atoms with Gasteiger partial charge in [-0.1, -0.05) is 18.2 Å². The van der Waals surface area contributed by atoms with Gasteiger partial charge in [-0.15, -0.1) is 0 Å². The number of hydrogen-bond donors (Lipinski definition) is 1. The first kappa shape index (κ1) is 21.8. The molecule has 0 spiro atoms. The van der Waals surface area contributed by atoms with Crippen LogP contribution in [0.2, 0.25) is 0 Å². The monoisotopic (exact) mass is 448 g/mol. The fraction of sp³-hybridized carbons (Fsp3) is 0.333. The van der Waals surface area contributed by atoms with Crippen molar-refractivity contribution in [2.24, 2.45) is 0 Å². The first-order valence-corrected chi connectivity index (χ1v) is 11.7. The van der Waals surface area contributed by atoms with Crippen LogP contribution in [0, 0.1) is 0 Å². The SMILES string of the molecule is O=S(=O)(NCc1cccc(C(F)(F)F)c1)c1ccc(S(=O)(=O)N2CCCC2)cc1. The molecule has 11 heteroatoms. The van der Waals surface area contributed by atoms with Gasteiger partial charge < -0.3 is 0 Å². The number of nitrogens with one attached hydrogen (secondary N) is 1. The molecule has 1 saturated heterocycles. The number of rotatable bonds is 6. The second kappa shape index (κ2) is 8.05. The third-order valence-electron chi connectivity index (χ3n) is 4.56. The first-order valence-electron chi connectivity index (χ1n) is 8.76. The zero-order valence-corrected chi connectivity index (χ0v) is 16.8. The van der Waals surface area contributed by atoms with Gasteiger partial charge in [-0.25, -0.2) is 21.6 Å². The molecule has 0 unspecified atom stereocenters. The number of sulfonamides is 2. The maximum Gasteiger partial charge on any atom is 0.416 e. The number of halogens is 3. The highest BCUT2D eigenvalue weighted by Gasteiger charge is 2.30. The van der Waals surface area contributed by atoms with E-state index in [0.717, 1.165) is 37.1 Å². The molecule has 0 aliphatic carbocycles. The Hall–Kier alpha value is -1.95. The molecule has 0 radical (unpaired) electrons. The van der Waals surface area contributed by atoms with Gasteiger partial charge in [-0.3, -0.25) is 0 Å². The summed E-state index contributed by atoms with van der Waals surface area (Å²) in [7, 11) is -7.69. The number of benzene rings is 2. The van der Waals surface area contributed by atoms with E-state index in [2.05, 4.69) is 4.72 Å². The molecule has 0 aromatic heterocycles. The van der Waals surface area contributed by atoms with Crippen LogP contribution in [0.15, 0.2) is 58.3 Å². The van der Waals surface area contributed by atoms with Crippen LogP contribution in [0.25, 0.3) is 0 Å². The van der Waals surface area contributed by atoms with Gasteiger partial charge >= 0.3 is 6.18 Å². The summed E-state index contributed by atoms with van der Waals surface area (Å²) in [5.41, 5.74) is -0.720. The van der Waals surface area contributed by atoms with E-state index in [1.807, 2.05) is 0 Å². The van der Waals surface area contributed by atoms with Gasteiger partial charge in [0.2, 0.25) is 20.0 Å². The van der Waals surface area contributed by atoms with Crippen molar-refractivity contribution in [2.45, 2.75) is 35.4 Å². The van der Waals surface area contributed by atoms with E-state index in [-0.39, 0.29) is 21.9 Å². The summed E-state index contributed by atoms with van der Waals surface area (Å²) in [5.74, 6) is 0. The van der Waals surface area contributed by atoms with Crippen molar-refractivity contribution in [1.82, 2.24) is 9.03 Å². The van der Waals surface area contributed by atoms with Crippen molar-refractivity contribution in [2.75, 3.05) is 13.1 Å². The third-order valence-corrected chi connectivity index (χ3v) is 7.89. The van der Waals surface area contributed by atoms with Crippen molar-refractivity contribution in [1.29, 1.82) is 0 Å². The highest BCUT2D eigenvalue weighted by molar-refractivity contribution is 7.89. The Morgan fingerprint density at radius 1 is 0.897 bits per heavy atom. The minimum Gasteiger partial charge on any atom is -0.207 e. The highest BCUT2D eigenvalue weighted by Crippen LogP contribution is 2.29. The Bertz CT molecular complexity index is 1080. The van der Waals surface area contributed by atoms with Crippen LogP contribution in [0.5, 0.6) is 0 Å². The van der Waals surface area contributed by atoms with Crippen molar-refractivity contribution in [3.63, 3.8) is 0 Å². The van der Waals surface area contributed by atoms with E-state index >= 15 is 0 Å². The lowest BCUT2D eigenvalue weighted by Crippen LogP contribution is -2.28. The molecule has 2 aromatic rings. The molecular formula is C18H19F3N2O4S2. The molecule has 1 aliphatic rings. The Morgan fingerprint density at radius 2 is 1.48 bits per heavy atom. The maximum absolute atomic E-state index is 12.8. The van der Waals surface area contributed by atoms with Gasteiger partial charge in [0.1, 0.15) is 0 Å². The second-order valence-corrected chi connectivity index (χ2v) is 10.3. The molecule has 0 saturated carbocycles. The number of hydrogen-bond acceptors (Lipinski definition) is 4. The maximum atomic E-state index is 12.8. The Kier molecular flexibility index (Phi) is 6.04. The summed E-state index contributed by atoms with van der Waals surface area (Å²) >= 11 is 0. The quantitative estimate of drug-likeness (QED) is 0.737. The molecule has 1 heterocycles. The van der Waals surface area contributed by atoms with Crippen LogP contribution in [0.1, 0.15) is 24.0 Å². The van der Waals surface area contributed by atoms with Crippen molar-refractivity contribution >= 4 is 20.0 Å². The average Bonchev–Trinajstić information content (AvgIpc) is 3.22. The zero-order valence-electron chi connectivity index (χ0n) is 15.2. The van der Waals surface area contributed by atoms with Crippen LogP contribution in [-0.4, -0.2) is 34.2 Å². The standard InChI is InChI=1S/C18H19F3N2O4S2/c19-18(20,21)15-5-3-4-14(12-15)13-22-28(24,25)16-6-8-17(9-7-16)29(26,27)23-10-1-2-11-23/h3-9,12,22H,1-2,10-11,13H2. The van der Waals surface area contributed by atoms with E-state index in [1.54, 1.807) is 0 Å². The molecule has 1 aliphatic heterocycles. The molecule has 1 N–H and O–H groups in total. The van der Waals surface area contributed by atoms with Crippen LogP contribution in [0.4, 0.5) is 13.2 Å². The zero-order chi connectivity index (χ0) is 21.3. The van der Waals surface area contributed by atoms with E-state index < -0.39 is 31.8 Å². The summed E-state index contributed by atoms with van der Waals surface area (Å²) in [6.07, 6.45) is -2.96. The molecule has 29 heavy (non-hydrogen) atoms. The van der Waals surface area contributed by atoms with E-state index in [4.69, 9.17) is 0 Å². The second-order valence-electron chi connectivity index (χ2n) is 6.61. The molecule has 0 atom stereocenters. The molecule has 0 bridgehead atoms. The minimum absolute atomic E-state index is 0.00349. The normalized spacial score (nSPS) is 16.2. The summed E-state index contributed by atoms with van der Waals surface area (Å²) in [5, 5.41) is 0. The largest absolute Gasteiger partial charge is 0.416 e. The first-order chi connectivity index (χ1) is 13.5. The predicted molar refractivity (Wildman–Crippen MR) is 99.9 cm³/mol. The highest BCUT2D eigenvalue weighted by atomic mass is 32.2. The molecular weight excluding hydrogens is 429 g/mol. The third kappa shape index (κ3) is 4.97. The number of alkyl halides is 3. The lowest BCUT2D eigenvalue weighted by molar-refractivity contribution is -0.137. The van der Waals surface area contributed by atoms with Gasteiger partial charge in [0, 0.05) is 19.6 Å². The van der Waals surface area contributed by atoms with Crippen LogP contribution in [0.3, 0.4) is 0 Å². The molecule has 1 fully saturated rings. The Balaban J connectivity index is 1.73. The number of nitrogens with zero attached hydrogens (tertiary/aromatic N) is 1. The van der Waals surface area contributed by atoms with Crippen LogP contribution in [-0.2, 0) is 32.8 Å². The van der Waals surface area contributed by atoms with Gasteiger partial charge in [-0.2, -0.15) is 17.5 Å². The predicted octanol–water partition coefficient (Wildman–Crippen LogP) is 2.97. The fourth-order valence-electron chi connectivity index (χ4n) is 2.99. The Morgan fingerprint density at radius 3 is 2.07 bits per heavy atom. The van der Waals surface area contributed by atoms with Gasteiger partial charge in [-0.05, 0) is 48.7 Å². The van der Waals surface area contributed by atoms with Gasteiger partial charge in [0.15, 0.2) is 0 Å². The molecule has 2 aromatic carbocycles. The fourth-order valence-corrected chi connectivity index (χ4v) is 5.52. The van der Waals surface area contributed by atoms with Crippen molar-refractivity contribution in [3.8, 4) is 0 Å². The summed E-state index contributed by atoms with van der Waals surface area (Å²) in [6.45, 7) is 0.530. The van der Waals surface area contributed by atoms with Crippen LogP contribution < -0.4 is 4.72 Å². The van der Waals surface area contributed by atoms with Crippen LogP contribution >= 0.6 is 0 Å². The smallest absolute Gasteiger partial charge is 0.207 e. The van der Waals surface area contributed by atoms with Crippen molar-refractivity contribution < 1.29 is 30.0 Å². The minimum atomic E-state index is -4.52. The molecule has 6 nitrogen and oxygen atoms in total. The molecule has 0 amide bonds. The lowest BCUT2D eigenvalue weighted by Gasteiger charge is -2.15. The average molecular weight is 448 g/mol. The molecule has 158 valence electrons. The Labute approximate surface area is 167 Å². The van der Waals surface area contributed by atoms with Gasteiger partial charge in [0.05, 0.1) is 15.4 Å². The summed E-state index contributed by atoms with van der Waals surface area (Å²) in [4.78, 5) is -0.180.